The predicted molar refractivity (Wildman–Crippen MR) is 121 cm³/mol. The largest absolute Gasteiger partial charge is 0.375 e. The predicted octanol–water partition coefficient (Wildman–Crippen LogP) is 2.11. The summed E-state index contributed by atoms with van der Waals surface area (Å²) in [5.41, 5.74) is 2.61. The number of imidazole rings is 1. The Balaban J connectivity index is 1.32. The molecular formula is C24H32N4O4. The summed E-state index contributed by atoms with van der Waals surface area (Å²) in [6.07, 6.45) is 7.89. The zero-order valence-electron chi connectivity index (χ0n) is 18.6. The van der Waals surface area contributed by atoms with Crippen molar-refractivity contribution in [2.75, 3.05) is 13.1 Å². The number of nitrogens with zero attached hydrogens (tertiary/aromatic N) is 2. The van der Waals surface area contributed by atoms with Gasteiger partial charge < -0.3 is 10.1 Å². The van der Waals surface area contributed by atoms with Crippen LogP contribution < -0.4 is 16.3 Å². The second-order valence-electron chi connectivity index (χ2n) is 9.49. The van der Waals surface area contributed by atoms with Gasteiger partial charge in [-0.15, -0.1) is 0 Å². The Hall–Kier alpha value is -2.45. The quantitative estimate of drug-likeness (QED) is 0.711. The molecule has 0 radical (unpaired) electrons. The van der Waals surface area contributed by atoms with Crippen molar-refractivity contribution in [1.29, 1.82) is 0 Å². The number of benzene rings is 1. The molecule has 8 nitrogen and oxygen atoms in total. The summed E-state index contributed by atoms with van der Waals surface area (Å²) in [5, 5.41) is 5.75. The van der Waals surface area contributed by atoms with Gasteiger partial charge in [0.15, 0.2) is 0 Å². The van der Waals surface area contributed by atoms with Gasteiger partial charge in [0.05, 0.1) is 23.2 Å². The van der Waals surface area contributed by atoms with Crippen molar-refractivity contribution in [1.82, 2.24) is 19.8 Å². The Morgan fingerprint density at radius 2 is 1.62 bits per heavy atom. The summed E-state index contributed by atoms with van der Waals surface area (Å²) in [7, 11) is 1.75. The SMILES string of the molecule is Cn1c(=O)n(C2CCC(=O)NC2=O)c2ccc(C3CCC(OC4CCNCC4)CC3)cc21. The number of aromatic nitrogens is 2. The fourth-order valence-corrected chi connectivity index (χ4v) is 5.60. The van der Waals surface area contributed by atoms with Crippen LogP contribution in [0.3, 0.4) is 0 Å². The van der Waals surface area contributed by atoms with Gasteiger partial charge >= 0.3 is 5.69 Å². The molecule has 2 saturated heterocycles. The molecule has 2 aliphatic heterocycles. The van der Waals surface area contributed by atoms with E-state index in [1.807, 2.05) is 6.07 Å². The van der Waals surface area contributed by atoms with Crippen molar-refractivity contribution in [2.24, 2.45) is 7.05 Å². The molecule has 3 heterocycles. The van der Waals surface area contributed by atoms with E-state index in [1.165, 1.54) is 5.56 Å². The van der Waals surface area contributed by atoms with Crippen molar-refractivity contribution in [2.45, 2.75) is 75.5 Å². The zero-order chi connectivity index (χ0) is 22.2. The number of hydrogen-bond donors (Lipinski definition) is 2. The molecule has 2 N–H and O–H groups in total. The van der Waals surface area contributed by atoms with Gasteiger partial charge in [-0.05, 0) is 81.6 Å². The third kappa shape index (κ3) is 4.01. The number of fused-ring (bicyclic) bond motifs is 1. The van der Waals surface area contributed by atoms with Crippen LogP contribution in [0.5, 0.6) is 0 Å². The minimum atomic E-state index is -0.641. The Kier molecular flexibility index (Phi) is 5.90. The minimum absolute atomic E-state index is 0.217. The van der Waals surface area contributed by atoms with Crippen LogP contribution in [0.1, 0.15) is 68.9 Å². The van der Waals surface area contributed by atoms with Gasteiger partial charge in [-0.1, -0.05) is 6.07 Å². The molecule has 8 heteroatoms. The highest BCUT2D eigenvalue weighted by Gasteiger charge is 2.32. The van der Waals surface area contributed by atoms with Gasteiger partial charge in [-0.3, -0.25) is 24.0 Å². The molecule has 0 spiro atoms. The number of piperidine rings is 2. The van der Waals surface area contributed by atoms with E-state index in [0.717, 1.165) is 62.6 Å². The average Bonchev–Trinajstić information content (AvgIpc) is 3.05. The normalized spacial score (nSPS) is 27.6. The van der Waals surface area contributed by atoms with Gasteiger partial charge in [0.1, 0.15) is 6.04 Å². The first kappa shape index (κ1) is 21.4. The zero-order valence-corrected chi connectivity index (χ0v) is 18.6. The van der Waals surface area contributed by atoms with E-state index in [1.54, 1.807) is 16.2 Å². The van der Waals surface area contributed by atoms with Crippen molar-refractivity contribution < 1.29 is 14.3 Å². The molecule has 1 saturated carbocycles. The van der Waals surface area contributed by atoms with Crippen LogP contribution in [-0.4, -0.2) is 46.2 Å². The fourth-order valence-electron chi connectivity index (χ4n) is 5.60. The summed E-state index contributed by atoms with van der Waals surface area (Å²) in [6, 6.07) is 5.53. The van der Waals surface area contributed by atoms with Crippen molar-refractivity contribution >= 4 is 22.8 Å². The second kappa shape index (κ2) is 8.83. The number of ether oxygens (including phenoxy) is 1. The standard InChI is InChI=1S/C24H32N4O4/c1-27-21-14-16(15-2-5-17(6-3-15)32-18-10-12-25-13-11-18)4-7-19(21)28(24(27)31)20-8-9-22(29)26-23(20)30/h4,7,14-15,17-18,20,25H,2-3,5-6,8-13H2,1H3,(H,26,29,30). The van der Waals surface area contributed by atoms with Crippen LogP contribution >= 0.6 is 0 Å². The summed E-state index contributed by atoms with van der Waals surface area (Å²) in [5.74, 6) is -0.213. The summed E-state index contributed by atoms with van der Waals surface area (Å²) in [6.45, 7) is 2.11. The molecule has 1 aliphatic carbocycles. The lowest BCUT2D eigenvalue weighted by atomic mass is 9.82. The smallest absolute Gasteiger partial charge is 0.329 e. The topological polar surface area (TPSA) is 94.4 Å². The number of carbonyl (C=O) groups excluding carboxylic acids is 2. The molecule has 1 aromatic heterocycles. The molecule has 2 aromatic rings. The van der Waals surface area contributed by atoms with Gasteiger partial charge in [-0.2, -0.15) is 0 Å². The minimum Gasteiger partial charge on any atom is -0.375 e. The number of imide groups is 1. The van der Waals surface area contributed by atoms with E-state index in [4.69, 9.17) is 4.74 Å². The maximum absolute atomic E-state index is 13.0. The summed E-state index contributed by atoms with van der Waals surface area (Å²) in [4.78, 5) is 36.9. The van der Waals surface area contributed by atoms with Crippen molar-refractivity contribution in [3.8, 4) is 0 Å². The molecule has 32 heavy (non-hydrogen) atoms. The Morgan fingerprint density at radius 1 is 0.906 bits per heavy atom. The first-order chi connectivity index (χ1) is 15.5. The van der Waals surface area contributed by atoms with E-state index in [9.17, 15) is 14.4 Å². The van der Waals surface area contributed by atoms with Crippen molar-refractivity contribution in [3.05, 3.63) is 34.2 Å². The number of carbonyl (C=O) groups is 2. The second-order valence-corrected chi connectivity index (χ2v) is 9.49. The molecule has 0 bridgehead atoms. The Bertz CT molecular complexity index is 1070. The van der Waals surface area contributed by atoms with Crippen LogP contribution in [0.2, 0.25) is 0 Å². The number of aryl methyl sites for hydroxylation is 1. The third-order valence-electron chi connectivity index (χ3n) is 7.45. The highest BCUT2D eigenvalue weighted by atomic mass is 16.5. The molecule has 1 atom stereocenters. The lowest BCUT2D eigenvalue weighted by Gasteiger charge is -2.33. The first-order valence-corrected chi connectivity index (χ1v) is 11.9. The van der Waals surface area contributed by atoms with E-state index in [2.05, 4.69) is 22.8 Å². The summed E-state index contributed by atoms with van der Waals surface area (Å²) >= 11 is 0. The molecule has 1 aromatic carbocycles. The van der Waals surface area contributed by atoms with Crippen LogP contribution in [0, 0.1) is 0 Å². The molecule has 1 unspecified atom stereocenters. The molecule has 2 amide bonds. The monoisotopic (exact) mass is 440 g/mol. The summed E-state index contributed by atoms with van der Waals surface area (Å²) < 4.78 is 9.52. The maximum Gasteiger partial charge on any atom is 0.329 e. The van der Waals surface area contributed by atoms with Crippen LogP contribution in [0.4, 0.5) is 0 Å². The van der Waals surface area contributed by atoms with Crippen molar-refractivity contribution in [3.63, 3.8) is 0 Å². The molecule has 5 rings (SSSR count). The van der Waals surface area contributed by atoms with Gasteiger partial charge in [0.2, 0.25) is 11.8 Å². The lowest BCUT2D eigenvalue weighted by Crippen LogP contribution is -2.44. The third-order valence-corrected chi connectivity index (χ3v) is 7.45. The van der Waals surface area contributed by atoms with Gasteiger partial charge in [-0.25, -0.2) is 4.79 Å². The van der Waals surface area contributed by atoms with E-state index in [0.29, 0.717) is 24.5 Å². The van der Waals surface area contributed by atoms with E-state index >= 15 is 0 Å². The van der Waals surface area contributed by atoms with Gasteiger partial charge in [0.25, 0.3) is 0 Å². The van der Waals surface area contributed by atoms with Crippen LogP contribution in [0.15, 0.2) is 23.0 Å². The number of rotatable bonds is 4. The lowest BCUT2D eigenvalue weighted by molar-refractivity contribution is -0.135. The number of nitrogens with one attached hydrogen (secondary N) is 2. The van der Waals surface area contributed by atoms with Crippen LogP contribution in [-0.2, 0) is 21.4 Å². The average molecular weight is 441 g/mol. The highest BCUT2D eigenvalue weighted by Crippen LogP contribution is 2.36. The Morgan fingerprint density at radius 3 is 2.34 bits per heavy atom. The number of amides is 2. The highest BCUT2D eigenvalue weighted by molar-refractivity contribution is 6.00. The molecular weight excluding hydrogens is 408 g/mol. The maximum atomic E-state index is 13.0. The molecule has 3 aliphatic rings. The fraction of sp³-hybridized carbons (Fsp3) is 0.625. The van der Waals surface area contributed by atoms with E-state index < -0.39 is 11.9 Å². The van der Waals surface area contributed by atoms with Crippen LogP contribution in [0.25, 0.3) is 11.0 Å². The number of hydrogen-bond acceptors (Lipinski definition) is 5. The molecule has 172 valence electrons. The Labute approximate surface area is 187 Å². The first-order valence-electron chi connectivity index (χ1n) is 11.9. The van der Waals surface area contributed by atoms with Gasteiger partial charge in [0, 0.05) is 13.5 Å². The molecule has 3 fully saturated rings. The van der Waals surface area contributed by atoms with E-state index in [-0.39, 0.29) is 18.0 Å².